The van der Waals surface area contributed by atoms with Gasteiger partial charge in [-0.25, -0.2) is 0 Å². The molecule has 0 aliphatic carbocycles. The normalized spacial score (nSPS) is 14.8. The van der Waals surface area contributed by atoms with E-state index in [2.05, 4.69) is 12.2 Å². The number of hydrogen-bond donors (Lipinski definition) is 2. The zero-order valence-corrected chi connectivity index (χ0v) is 13.0. The van der Waals surface area contributed by atoms with Gasteiger partial charge in [0.1, 0.15) is 11.4 Å². The van der Waals surface area contributed by atoms with Gasteiger partial charge in [-0.3, -0.25) is 4.79 Å². The van der Waals surface area contributed by atoms with Gasteiger partial charge in [-0.15, -0.1) is 0 Å². The van der Waals surface area contributed by atoms with Crippen LogP contribution in [0, 0.1) is 5.41 Å². The molecule has 114 valence electrons. The summed E-state index contributed by atoms with van der Waals surface area (Å²) in [5.74, 6) is 0.432. The number of rotatable bonds is 8. The van der Waals surface area contributed by atoms with Crippen LogP contribution in [0.3, 0.4) is 0 Å². The van der Waals surface area contributed by atoms with Crippen molar-refractivity contribution in [3.63, 3.8) is 0 Å². The van der Waals surface area contributed by atoms with E-state index in [1.807, 2.05) is 13.8 Å². The molecule has 1 rings (SSSR count). The molecular formula is C16H27NO3. The van der Waals surface area contributed by atoms with E-state index in [9.17, 15) is 9.90 Å². The molecule has 1 aromatic heterocycles. The van der Waals surface area contributed by atoms with Crippen LogP contribution in [-0.2, 0) is 10.4 Å². The van der Waals surface area contributed by atoms with E-state index in [4.69, 9.17) is 4.42 Å². The first-order valence-corrected chi connectivity index (χ1v) is 7.34. The summed E-state index contributed by atoms with van der Waals surface area (Å²) in [6.07, 6.45) is 5.70. The SMILES string of the molecule is CCCCCC(C)(C)C(=O)NCC(C)(O)c1ccco1. The lowest BCUT2D eigenvalue weighted by Gasteiger charge is -2.27. The highest BCUT2D eigenvalue weighted by Gasteiger charge is 2.31. The van der Waals surface area contributed by atoms with Gasteiger partial charge in [0.25, 0.3) is 0 Å². The van der Waals surface area contributed by atoms with Gasteiger partial charge in [-0.2, -0.15) is 0 Å². The average molecular weight is 281 g/mol. The van der Waals surface area contributed by atoms with Crippen LogP contribution >= 0.6 is 0 Å². The zero-order chi connectivity index (χ0) is 15.2. The zero-order valence-electron chi connectivity index (χ0n) is 13.0. The van der Waals surface area contributed by atoms with Crippen molar-refractivity contribution in [3.8, 4) is 0 Å². The van der Waals surface area contributed by atoms with Gasteiger partial charge in [0.2, 0.25) is 5.91 Å². The van der Waals surface area contributed by atoms with Gasteiger partial charge >= 0.3 is 0 Å². The van der Waals surface area contributed by atoms with Crippen molar-refractivity contribution >= 4 is 5.91 Å². The molecule has 1 aromatic rings. The number of unbranched alkanes of at least 4 members (excludes halogenated alkanes) is 2. The molecule has 1 heterocycles. The van der Waals surface area contributed by atoms with Crippen molar-refractivity contribution in [2.24, 2.45) is 5.41 Å². The minimum atomic E-state index is -1.18. The molecule has 1 atom stereocenters. The molecule has 0 aromatic carbocycles. The van der Waals surface area contributed by atoms with Crippen molar-refractivity contribution < 1.29 is 14.3 Å². The minimum Gasteiger partial charge on any atom is -0.466 e. The second-order valence-electron chi connectivity index (χ2n) is 6.27. The smallest absolute Gasteiger partial charge is 0.225 e. The van der Waals surface area contributed by atoms with Gasteiger partial charge in [0.15, 0.2) is 0 Å². The Kier molecular flexibility index (Phi) is 5.81. The molecule has 4 heteroatoms. The lowest BCUT2D eigenvalue weighted by Crippen LogP contribution is -2.44. The van der Waals surface area contributed by atoms with Crippen LogP contribution in [0.2, 0.25) is 0 Å². The Morgan fingerprint density at radius 3 is 2.60 bits per heavy atom. The summed E-state index contributed by atoms with van der Waals surface area (Å²) in [4.78, 5) is 12.2. The van der Waals surface area contributed by atoms with E-state index in [0.717, 1.165) is 25.7 Å². The monoisotopic (exact) mass is 281 g/mol. The third kappa shape index (κ3) is 4.67. The first-order valence-electron chi connectivity index (χ1n) is 7.34. The van der Waals surface area contributed by atoms with Crippen LogP contribution in [0.4, 0.5) is 0 Å². The fourth-order valence-corrected chi connectivity index (χ4v) is 2.09. The van der Waals surface area contributed by atoms with Gasteiger partial charge in [-0.05, 0) is 25.5 Å². The van der Waals surface area contributed by atoms with Gasteiger partial charge < -0.3 is 14.8 Å². The predicted molar refractivity (Wildman–Crippen MR) is 79.2 cm³/mol. The van der Waals surface area contributed by atoms with Gasteiger partial charge in [0, 0.05) is 5.41 Å². The number of hydrogen-bond acceptors (Lipinski definition) is 3. The van der Waals surface area contributed by atoms with Crippen molar-refractivity contribution in [1.29, 1.82) is 0 Å². The number of aliphatic hydroxyl groups is 1. The van der Waals surface area contributed by atoms with Crippen molar-refractivity contribution in [3.05, 3.63) is 24.2 Å². The van der Waals surface area contributed by atoms with Crippen LogP contribution in [0.1, 0.15) is 59.1 Å². The molecule has 0 fully saturated rings. The Morgan fingerprint density at radius 1 is 1.35 bits per heavy atom. The van der Waals surface area contributed by atoms with E-state index in [-0.39, 0.29) is 12.5 Å². The highest BCUT2D eigenvalue weighted by atomic mass is 16.4. The maximum absolute atomic E-state index is 12.2. The Bertz CT molecular complexity index is 407. The molecular weight excluding hydrogens is 254 g/mol. The van der Waals surface area contributed by atoms with Crippen LogP contribution in [0.5, 0.6) is 0 Å². The quantitative estimate of drug-likeness (QED) is 0.719. The fourth-order valence-electron chi connectivity index (χ4n) is 2.09. The molecule has 0 aliphatic heterocycles. The molecule has 2 N–H and O–H groups in total. The maximum Gasteiger partial charge on any atom is 0.225 e. The molecule has 0 bridgehead atoms. The highest BCUT2D eigenvalue weighted by Crippen LogP contribution is 2.25. The Morgan fingerprint density at radius 2 is 2.05 bits per heavy atom. The maximum atomic E-state index is 12.2. The third-order valence-electron chi connectivity index (χ3n) is 3.67. The molecule has 0 spiro atoms. The second kappa shape index (κ2) is 6.93. The van der Waals surface area contributed by atoms with Crippen molar-refractivity contribution in [1.82, 2.24) is 5.32 Å². The van der Waals surface area contributed by atoms with E-state index in [1.165, 1.54) is 6.26 Å². The molecule has 4 nitrogen and oxygen atoms in total. The topological polar surface area (TPSA) is 62.5 Å². The van der Waals surface area contributed by atoms with Crippen LogP contribution in [0.25, 0.3) is 0 Å². The summed E-state index contributed by atoms with van der Waals surface area (Å²) in [6, 6.07) is 3.43. The van der Waals surface area contributed by atoms with E-state index < -0.39 is 11.0 Å². The number of nitrogens with one attached hydrogen (secondary N) is 1. The predicted octanol–water partition coefficient (Wildman–Crippen LogP) is 3.21. The molecule has 1 unspecified atom stereocenters. The Labute approximate surface area is 121 Å². The van der Waals surface area contributed by atoms with Crippen LogP contribution in [0.15, 0.2) is 22.8 Å². The number of carbonyl (C=O) groups is 1. The lowest BCUT2D eigenvalue weighted by atomic mass is 9.85. The van der Waals surface area contributed by atoms with Gasteiger partial charge in [-0.1, -0.05) is 40.0 Å². The van der Waals surface area contributed by atoms with Gasteiger partial charge in [0.05, 0.1) is 12.8 Å². The van der Waals surface area contributed by atoms with E-state index in [1.54, 1.807) is 19.1 Å². The van der Waals surface area contributed by atoms with E-state index >= 15 is 0 Å². The number of amides is 1. The molecule has 0 radical (unpaired) electrons. The third-order valence-corrected chi connectivity index (χ3v) is 3.67. The first-order chi connectivity index (χ1) is 9.29. The minimum absolute atomic E-state index is 0.0274. The lowest BCUT2D eigenvalue weighted by molar-refractivity contribution is -0.131. The van der Waals surface area contributed by atoms with Crippen molar-refractivity contribution in [2.45, 2.75) is 59.0 Å². The number of furan rings is 1. The highest BCUT2D eigenvalue weighted by molar-refractivity contribution is 5.81. The molecule has 0 saturated heterocycles. The summed E-state index contributed by atoms with van der Waals surface area (Å²) in [5, 5.41) is 13.1. The first kappa shape index (κ1) is 16.8. The standard InChI is InChI=1S/C16H27NO3/c1-5-6-7-10-15(2,3)14(18)17-12-16(4,19)13-9-8-11-20-13/h8-9,11,19H,5-7,10,12H2,1-4H3,(H,17,18). The summed E-state index contributed by atoms with van der Waals surface area (Å²) >= 11 is 0. The molecule has 0 aliphatic rings. The molecule has 20 heavy (non-hydrogen) atoms. The van der Waals surface area contributed by atoms with Crippen molar-refractivity contribution in [2.75, 3.05) is 6.54 Å². The van der Waals surface area contributed by atoms with Crippen LogP contribution < -0.4 is 5.32 Å². The Balaban J connectivity index is 2.49. The summed E-state index contributed by atoms with van der Waals surface area (Å²) in [7, 11) is 0. The molecule has 1 amide bonds. The molecule has 0 saturated carbocycles. The second-order valence-corrected chi connectivity index (χ2v) is 6.27. The summed E-state index contributed by atoms with van der Waals surface area (Å²) in [5.41, 5.74) is -1.59. The van der Waals surface area contributed by atoms with E-state index in [0.29, 0.717) is 5.76 Å². The average Bonchev–Trinajstić information content (AvgIpc) is 2.90. The largest absolute Gasteiger partial charge is 0.466 e. The van der Waals surface area contributed by atoms with Crippen LogP contribution in [-0.4, -0.2) is 17.6 Å². The Hall–Kier alpha value is -1.29. The fraction of sp³-hybridized carbons (Fsp3) is 0.688. The summed E-state index contributed by atoms with van der Waals surface area (Å²) in [6.45, 7) is 7.82. The summed E-state index contributed by atoms with van der Waals surface area (Å²) < 4.78 is 5.19. The number of carbonyl (C=O) groups excluding carboxylic acids is 1.